The molecule has 0 saturated carbocycles. The number of anilines is 1. The zero-order valence-electron chi connectivity index (χ0n) is 10.2. The van der Waals surface area contributed by atoms with Crippen molar-refractivity contribution in [2.24, 2.45) is 5.41 Å². The molecule has 0 radical (unpaired) electrons. The molecule has 3 N–H and O–H groups in total. The van der Waals surface area contributed by atoms with Crippen molar-refractivity contribution < 1.29 is 5.11 Å². The van der Waals surface area contributed by atoms with Crippen molar-refractivity contribution in [1.82, 2.24) is 10.2 Å². The van der Waals surface area contributed by atoms with Gasteiger partial charge in [-0.3, -0.25) is 4.79 Å². The van der Waals surface area contributed by atoms with Crippen molar-refractivity contribution in [3.8, 4) is 0 Å². The van der Waals surface area contributed by atoms with E-state index in [0.29, 0.717) is 12.1 Å². The van der Waals surface area contributed by atoms with Crippen LogP contribution in [-0.2, 0) is 0 Å². The number of aromatic amines is 1. The number of aliphatic hydroxyl groups is 1. The van der Waals surface area contributed by atoms with Crippen LogP contribution in [0.4, 0.5) is 5.69 Å². The molecule has 1 aromatic heterocycles. The van der Waals surface area contributed by atoms with E-state index in [0.717, 1.165) is 0 Å². The molecule has 6 heteroatoms. The van der Waals surface area contributed by atoms with Crippen LogP contribution in [0.3, 0.4) is 0 Å². The monoisotopic (exact) mass is 259 g/mol. The van der Waals surface area contributed by atoms with Gasteiger partial charge in [-0.15, -0.1) is 0 Å². The number of hydrogen-bond donors (Lipinski definition) is 3. The number of rotatable bonds is 4. The number of H-pyrrole nitrogens is 1. The molecule has 17 heavy (non-hydrogen) atoms. The molecule has 1 atom stereocenters. The first-order valence-corrected chi connectivity index (χ1v) is 5.84. The van der Waals surface area contributed by atoms with Crippen LogP contribution in [0.1, 0.15) is 27.2 Å². The summed E-state index contributed by atoms with van der Waals surface area (Å²) >= 11 is 5.88. The summed E-state index contributed by atoms with van der Waals surface area (Å²) < 4.78 is 0. The summed E-state index contributed by atoms with van der Waals surface area (Å²) in [5.41, 5.74) is 0.00592. The topological polar surface area (TPSA) is 78.0 Å². The molecule has 0 aliphatic rings. The molecule has 0 spiro atoms. The number of aromatic nitrogens is 2. The molecule has 0 bridgehead atoms. The molecule has 0 aliphatic heterocycles. The van der Waals surface area contributed by atoms with Crippen LogP contribution in [0.2, 0.25) is 5.02 Å². The average Bonchev–Trinajstić information content (AvgIpc) is 2.22. The second-order valence-electron chi connectivity index (χ2n) is 5.00. The summed E-state index contributed by atoms with van der Waals surface area (Å²) in [5, 5.41) is 18.2. The highest BCUT2D eigenvalue weighted by molar-refractivity contribution is 6.32. The highest BCUT2D eigenvalue weighted by Gasteiger charge is 2.24. The predicted octanol–water partition coefficient (Wildman–Crippen LogP) is 1.63. The first-order valence-electron chi connectivity index (χ1n) is 5.47. The Morgan fingerprint density at radius 2 is 2.24 bits per heavy atom. The van der Waals surface area contributed by atoms with Crippen LogP contribution in [0.5, 0.6) is 0 Å². The standard InChI is InChI=1S/C11H18ClN3O2/c1-11(2,3)8(4-5-16)14-7-6-13-15-10(17)9(7)12/h6,8,16H,4-5H2,1-3H3,(H2,14,15,17). The van der Waals surface area contributed by atoms with Crippen LogP contribution in [-0.4, -0.2) is 28.0 Å². The lowest BCUT2D eigenvalue weighted by Gasteiger charge is -2.32. The number of hydrogen-bond acceptors (Lipinski definition) is 4. The summed E-state index contributed by atoms with van der Waals surface area (Å²) in [7, 11) is 0. The Hall–Kier alpha value is -1.07. The van der Waals surface area contributed by atoms with E-state index >= 15 is 0 Å². The van der Waals surface area contributed by atoms with E-state index in [1.807, 2.05) is 0 Å². The van der Waals surface area contributed by atoms with Gasteiger partial charge in [0.25, 0.3) is 5.56 Å². The van der Waals surface area contributed by atoms with Gasteiger partial charge in [0.05, 0.1) is 11.9 Å². The first-order chi connectivity index (χ1) is 7.86. The van der Waals surface area contributed by atoms with Crippen molar-refractivity contribution in [1.29, 1.82) is 0 Å². The summed E-state index contributed by atoms with van der Waals surface area (Å²) in [6.45, 7) is 6.22. The van der Waals surface area contributed by atoms with Gasteiger partial charge in [0.15, 0.2) is 0 Å². The predicted molar refractivity (Wildman–Crippen MR) is 68.4 cm³/mol. The van der Waals surface area contributed by atoms with Crippen molar-refractivity contribution >= 4 is 17.3 Å². The third-order valence-corrected chi connectivity index (χ3v) is 2.96. The maximum atomic E-state index is 11.3. The minimum Gasteiger partial charge on any atom is -0.396 e. The lowest BCUT2D eigenvalue weighted by atomic mass is 9.85. The van der Waals surface area contributed by atoms with E-state index in [-0.39, 0.29) is 23.1 Å². The van der Waals surface area contributed by atoms with Crippen LogP contribution >= 0.6 is 11.6 Å². The second kappa shape index (κ2) is 5.51. The van der Waals surface area contributed by atoms with E-state index in [1.54, 1.807) is 0 Å². The number of aliphatic hydroxyl groups excluding tert-OH is 1. The van der Waals surface area contributed by atoms with Gasteiger partial charge in [-0.25, -0.2) is 5.10 Å². The van der Waals surface area contributed by atoms with Crippen LogP contribution in [0.15, 0.2) is 11.0 Å². The number of nitrogens with zero attached hydrogens (tertiary/aromatic N) is 1. The number of nitrogens with one attached hydrogen (secondary N) is 2. The Labute approximate surface area is 105 Å². The lowest BCUT2D eigenvalue weighted by Crippen LogP contribution is -2.35. The Bertz CT molecular complexity index is 425. The van der Waals surface area contributed by atoms with E-state index in [2.05, 4.69) is 36.3 Å². The van der Waals surface area contributed by atoms with Gasteiger partial charge in [-0.1, -0.05) is 32.4 Å². The second-order valence-corrected chi connectivity index (χ2v) is 5.38. The molecule has 1 rings (SSSR count). The fourth-order valence-electron chi connectivity index (χ4n) is 1.52. The van der Waals surface area contributed by atoms with Crippen molar-refractivity contribution in [2.45, 2.75) is 33.2 Å². The molecular weight excluding hydrogens is 242 g/mol. The third kappa shape index (κ3) is 3.71. The Morgan fingerprint density at radius 1 is 1.59 bits per heavy atom. The van der Waals surface area contributed by atoms with Gasteiger partial charge in [-0.05, 0) is 11.8 Å². The lowest BCUT2D eigenvalue weighted by molar-refractivity contribution is 0.235. The van der Waals surface area contributed by atoms with Crippen molar-refractivity contribution in [3.63, 3.8) is 0 Å². The van der Waals surface area contributed by atoms with Crippen LogP contribution in [0.25, 0.3) is 0 Å². The Morgan fingerprint density at radius 3 is 2.76 bits per heavy atom. The minimum atomic E-state index is -0.423. The molecular formula is C11H18ClN3O2. The zero-order valence-corrected chi connectivity index (χ0v) is 11.0. The maximum Gasteiger partial charge on any atom is 0.285 e. The van der Waals surface area contributed by atoms with Gasteiger partial charge in [-0.2, -0.15) is 5.10 Å². The highest BCUT2D eigenvalue weighted by atomic mass is 35.5. The summed E-state index contributed by atoms with van der Waals surface area (Å²) in [4.78, 5) is 11.3. The number of halogens is 1. The fraction of sp³-hybridized carbons (Fsp3) is 0.636. The molecule has 5 nitrogen and oxygen atoms in total. The molecule has 0 amide bonds. The average molecular weight is 260 g/mol. The zero-order chi connectivity index (χ0) is 13.1. The highest BCUT2D eigenvalue weighted by Crippen LogP contribution is 2.27. The summed E-state index contributed by atoms with van der Waals surface area (Å²) in [5.74, 6) is 0. The quantitative estimate of drug-likeness (QED) is 0.768. The van der Waals surface area contributed by atoms with E-state index in [9.17, 15) is 4.79 Å². The molecule has 1 aromatic rings. The largest absolute Gasteiger partial charge is 0.396 e. The van der Waals surface area contributed by atoms with Crippen molar-refractivity contribution in [3.05, 3.63) is 21.6 Å². The smallest absolute Gasteiger partial charge is 0.285 e. The molecule has 0 aliphatic carbocycles. The van der Waals surface area contributed by atoms with E-state index in [4.69, 9.17) is 16.7 Å². The normalized spacial score (nSPS) is 13.5. The van der Waals surface area contributed by atoms with Gasteiger partial charge in [0.2, 0.25) is 0 Å². The molecule has 0 aromatic carbocycles. The van der Waals surface area contributed by atoms with Gasteiger partial charge < -0.3 is 10.4 Å². The summed E-state index contributed by atoms with van der Waals surface area (Å²) in [6, 6.07) is 0.00796. The summed E-state index contributed by atoms with van der Waals surface area (Å²) in [6.07, 6.45) is 2.05. The first kappa shape index (κ1) is 14.0. The van der Waals surface area contributed by atoms with Crippen molar-refractivity contribution in [2.75, 3.05) is 11.9 Å². The van der Waals surface area contributed by atoms with Gasteiger partial charge in [0.1, 0.15) is 5.02 Å². The molecule has 0 saturated heterocycles. The molecule has 0 fully saturated rings. The maximum absolute atomic E-state index is 11.3. The molecule has 1 unspecified atom stereocenters. The Kier molecular flexibility index (Phi) is 4.54. The molecule has 1 heterocycles. The van der Waals surface area contributed by atoms with E-state index in [1.165, 1.54) is 6.20 Å². The third-order valence-electron chi connectivity index (χ3n) is 2.59. The SMILES string of the molecule is CC(C)(C)C(CCO)Nc1cn[nH]c(=O)c1Cl. The van der Waals surface area contributed by atoms with Crippen LogP contribution in [0, 0.1) is 5.41 Å². The fourth-order valence-corrected chi connectivity index (χ4v) is 1.67. The Balaban J connectivity index is 2.94. The van der Waals surface area contributed by atoms with Gasteiger partial charge >= 0.3 is 0 Å². The van der Waals surface area contributed by atoms with Gasteiger partial charge in [0, 0.05) is 12.6 Å². The molecule has 96 valence electrons. The minimum absolute atomic E-state index is 0.00796. The van der Waals surface area contributed by atoms with Crippen LogP contribution < -0.4 is 10.9 Å². The van der Waals surface area contributed by atoms with E-state index < -0.39 is 5.56 Å².